The number of hydrogen-bond donors (Lipinski definition) is 1. The van der Waals surface area contributed by atoms with Crippen molar-refractivity contribution in [3.8, 4) is 5.75 Å². The molecule has 1 heterocycles. The van der Waals surface area contributed by atoms with Gasteiger partial charge in [-0.05, 0) is 54.4 Å². The highest BCUT2D eigenvalue weighted by molar-refractivity contribution is 6.30. The molecule has 6 heteroatoms. The molecule has 118 valence electrons. The van der Waals surface area contributed by atoms with Crippen LogP contribution < -0.4 is 10.5 Å². The van der Waals surface area contributed by atoms with Crippen LogP contribution in [0.3, 0.4) is 0 Å². The first-order valence-electron chi connectivity index (χ1n) is 7.14. The molecule has 1 aromatic heterocycles. The molecular weight excluding hydrogens is 333 g/mol. The van der Waals surface area contributed by atoms with E-state index in [1.54, 1.807) is 6.07 Å². The van der Waals surface area contributed by atoms with E-state index in [2.05, 4.69) is 9.97 Å². The maximum absolute atomic E-state index is 6.05. The minimum Gasteiger partial charge on any atom is -0.493 e. The molecule has 3 rings (SSSR count). The second-order valence-corrected chi connectivity index (χ2v) is 5.96. The predicted molar refractivity (Wildman–Crippen MR) is 94.3 cm³/mol. The zero-order valence-electron chi connectivity index (χ0n) is 12.5. The van der Waals surface area contributed by atoms with Crippen LogP contribution >= 0.6 is 23.2 Å². The highest BCUT2D eigenvalue weighted by Gasteiger charge is 2.10. The SMILES string of the molecule is Cc1cc(Cl)ccc1OCCc1nc(Cl)nc2cccc(N)c12. The van der Waals surface area contributed by atoms with E-state index < -0.39 is 0 Å². The lowest BCUT2D eigenvalue weighted by Gasteiger charge is -2.11. The van der Waals surface area contributed by atoms with Crippen LogP contribution in [0.15, 0.2) is 36.4 Å². The third kappa shape index (κ3) is 3.49. The normalized spacial score (nSPS) is 10.9. The molecular formula is C17H15Cl2N3O. The summed E-state index contributed by atoms with van der Waals surface area (Å²) in [7, 11) is 0. The number of aromatic nitrogens is 2. The van der Waals surface area contributed by atoms with Crippen molar-refractivity contribution < 1.29 is 4.74 Å². The number of hydrogen-bond acceptors (Lipinski definition) is 4. The van der Waals surface area contributed by atoms with Crippen molar-refractivity contribution in [1.29, 1.82) is 0 Å². The Bertz CT molecular complexity index is 868. The second-order valence-electron chi connectivity index (χ2n) is 5.19. The first kappa shape index (κ1) is 15.8. The maximum Gasteiger partial charge on any atom is 0.223 e. The second kappa shape index (κ2) is 6.60. The van der Waals surface area contributed by atoms with E-state index in [-0.39, 0.29) is 5.28 Å². The van der Waals surface area contributed by atoms with E-state index in [0.717, 1.165) is 27.9 Å². The van der Waals surface area contributed by atoms with Crippen LogP contribution in [0.4, 0.5) is 5.69 Å². The molecule has 3 aromatic rings. The highest BCUT2D eigenvalue weighted by Crippen LogP contribution is 2.25. The number of rotatable bonds is 4. The average molecular weight is 348 g/mol. The third-order valence-electron chi connectivity index (χ3n) is 3.54. The number of anilines is 1. The van der Waals surface area contributed by atoms with Crippen LogP contribution in [0.5, 0.6) is 5.75 Å². The Labute approximate surface area is 144 Å². The summed E-state index contributed by atoms with van der Waals surface area (Å²) in [5.74, 6) is 0.798. The summed E-state index contributed by atoms with van der Waals surface area (Å²) in [6, 6.07) is 11.1. The zero-order chi connectivity index (χ0) is 16.4. The fourth-order valence-electron chi connectivity index (χ4n) is 2.47. The van der Waals surface area contributed by atoms with Crippen LogP contribution in [0.25, 0.3) is 10.9 Å². The van der Waals surface area contributed by atoms with Crippen molar-refractivity contribution in [3.05, 3.63) is 58.0 Å². The molecule has 0 fully saturated rings. The summed E-state index contributed by atoms with van der Waals surface area (Å²) >= 11 is 11.9. The van der Waals surface area contributed by atoms with E-state index in [9.17, 15) is 0 Å². The molecule has 2 N–H and O–H groups in total. The van der Waals surface area contributed by atoms with E-state index in [4.69, 9.17) is 33.7 Å². The maximum atomic E-state index is 6.05. The van der Waals surface area contributed by atoms with Crippen LogP contribution in [0.2, 0.25) is 10.3 Å². The van der Waals surface area contributed by atoms with Gasteiger partial charge in [0.25, 0.3) is 0 Å². The smallest absolute Gasteiger partial charge is 0.223 e. The molecule has 2 aromatic carbocycles. The van der Waals surface area contributed by atoms with Crippen LogP contribution in [0, 0.1) is 6.92 Å². The van der Waals surface area contributed by atoms with Gasteiger partial charge in [0.15, 0.2) is 0 Å². The van der Waals surface area contributed by atoms with Gasteiger partial charge in [0.05, 0.1) is 17.8 Å². The highest BCUT2D eigenvalue weighted by atomic mass is 35.5. The molecule has 0 spiro atoms. The number of fused-ring (bicyclic) bond motifs is 1. The first-order valence-corrected chi connectivity index (χ1v) is 7.90. The lowest BCUT2D eigenvalue weighted by Crippen LogP contribution is -2.06. The minimum absolute atomic E-state index is 0.209. The number of ether oxygens (including phenoxy) is 1. The molecule has 0 saturated carbocycles. The molecule has 0 aliphatic rings. The quantitative estimate of drug-likeness (QED) is 0.559. The Hall–Kier alpha value is -2.04. The number of halogens is 2. The summed E-state index contributed by atoms with van der Waals surface area (Å²) < 4.78 is 5.82. The van der Waals surface area contributed by atoms with E-state index in [1.165, 1.54) is 0 Å². The van der Waals surface area contributed by atoms with Gasteiger partial charge in [0.1, 0.15) is 5.75 Å². The fraction of sp³-hybridized carbons (Fsp3) is 0.176. The lowest BCUT2D eigenvalue weighted by atomic mass is 10.1. The van der Waals surface area contributed by atoms with Crippen molar-refractivity contribution in [3.63, 3.8) is 0 Å². The van der Waals surface area contributed by atoms with Crippen LogP contribution in [-0.2, 0) is 6.42 Å². The standard InChI is InChI=1S/C17H15Cl2N3O/c1-10-9-11(18)5-6-15(10)23-8-7-14-16-12(20)3-2-4-13(16)21-17(19)22-14/h2-6,9H,7-8,20H2,1H3. The van der Waals surface area contributed by atoms with E-state index in [0.29, 0.717) is 23.7 Å². The van der Waals surface area contributed by atoms with Crippen LogP contribution in [0.1, 0.15) is 11.3 Å². The Morgan fingerprint density at radius 1 is 1.13 bits per heavy atom. The molecule has 23 heavy (non-hydrogen) atoms. The van der Waals surface area contributed by atoms with Crippen molar-refractivity contribution in [2.45, 2.75) is 13.3 Å². The van der Waals surface area contributed by atoms with Crippen molar-refractivity contribution >= 4 is 39.8 Å². The summed E-state index contributed by atoms with van der Waals surface area (Å²) in [4.78, 5) is 8.51. The van der Waals surface area contributed by atoms with Gasteiger partial charge in [-0.1, -0.05) is 17.7 Å². The van der Waals surface area contributed by atoms with Gasteiger partial charge in [-0.3, -0.25) is 0 Å². The van der Waals surface area contributed by atoms with Gasteiger partial charge in [-0.15, -0.1) is 0 Å². The van der Waals surface area contributed by atoms with Gasteiger partial charge >= 0.3 is 0 Å². The average Bonchev–Trinajstić information content (AvgIpc) is 2.49. The lowest BCUT2D eigenvalue weighted by molar-refractivity contribution is 0.319. The van der Waals surface area contributed by atoms with Crippen molar-refractivity contribution in [2.75, 3.05) is 12.3 Å². The number of nitrogens with two attached hydrogens (primary N) is 1. The largest absolute Gasteiger partial charge is 0.493 e. The summed E-state index contributed by atoms with van der Waals surface area (Å²) in [5.41, 5.74) is 9.20. The minimum atomic E-state index is 0.209. The predicted octanol–water partition coefficient (Wildman–Crippen LogP) is 4.45. The Morgan fingerprint density at radius 3 is 2.74 bits per heavy atom. The molecule has 0 amide bonds. The molecule has 0 aliphatic carbocycles. The molecule has 0 atom stereocenters. The Balaban J connectivity index is 1.82. The zero-order valence-corrected chi connectivity index (χ0v) is 14.0. The summed E-state index contributed by atoms with van der Waals surface area (Å²) in [6.45, 7) is 2.41. The van der Waals surface area contributed by atoms with Gasteiger partial charge in [-0.2, -0.15) is 0 Å². The topological polar surface area (TPSA) is 61.0 Å². The summed E-state index contributed by atoms with van der Waals surface area (Å²) in [6.07, 6.45) is 0.578. The molecule has 0 radical (unpaired) electrons. The Morgan fingerprint density at radius 2 is 1.96 bits per heavy atom. The van der Waals surface area contributed by atoms with E-state index in [1.807, 2.05) is 37.3 Å². The van der Waals surface area contributed by atoms with Gasteiger partial charge < -0.3 is 10.5 Å². The first-order chi connectivity index (χ1) is 11.0. The fourth-order valence-corrected chi connectivity index (χ4v) is 2.89. The van der Waals surface area contributed by atoms with Gasteiger partial charge in [0, 0.05) is 22.5 Å². The van der Waals surface area contributed by atoms with Crippen molar-refractivity contribution in [1.82, 2.24) is 9.97 Å². The van der Waals surface area contributed by atoms with Gasteiger partial charge in [0.2, 0.25) is 5.28 Å². The number of aryl methyl sites for hydroxylation is 1. The molecule has 0 saturated heterocycles. The number of benzene rings is 2. The molecule has 0 aliphatic heterocycles. The summed E-state index contributed by atoms with van der Waals surface area (Å²) in [5, 5.41) is 1.73. The monoisotopic (exact) mass is 347 g/mol. The molecule has 0 bridgehead atoms. The third-order valence-corrected chi connectivity index (χ3v) is 3.94. The van der Waals surface area contributed by atoms with Gasteiger partial charge in [-0.25, -0.2) is 9.97 Å². The van der Waals surface area contributed by atoms with Crippen LogP contribution in [-0.4, -0.2) is 16.6 Å². The Kier molecular flexibility index (Phi) is 4.55. The van der Waals surface area contributed by atoms with Crippen molar-refractivity contribution in [2.24, 2.45) is 0 Å². The molecule has 4 nitrogen and oxygen atoms in total. The van der Waals surface area contributed by atoms with E-state index >= 15 is 0 Å². The number of nitrogen functional groups attached to an aromatic ring is 1. The number of nitrogens with zero attached hydrogens (tertiary/aromatic N) is 2. The molecule has 0 unspecified atom stereocenters.